The van der Waals surface area contributed by atoms with Crippen molar-refractivity contribution in [2.24, 2.45) is 0 Å². The van der Waals surface area contributed by atoms with E-state index in [4.69, 9.17) is 4.74 Å². The van der Waals surface area contributed by atoms with Crippen molar-refractivity contribution < 1.29 is 24.9 Å². The molecule has 1 atom stereocenters. The summed E-state index contributed by atoms with van der Waals surface area (Å²) in [5.41, 5.74) is 2.22. The van der Waals surface area contributed by atoms with Gasteiger partial charge in [-0.15, -0.1) is 0 Å². The maximum Gasteiger partial charge on any atom is 0.412 e. The van der Waals surface area contributed by atoms with E-state index in [1.54, 1.807) is 24.3 Å². The molecule has 0 saturated carbocycles. The summed E-state index contributed by atoms with van der Waals surface area (Å²) in [6, 6.07) is 22.9. The smallest absolute Gasteiger partial charge is 0.412 e. The van der Waals surface area contributed by atoms with Gasteiger partial charge in [-0.05, 0) is 66.9 Å². The Balaban J connectivity index is 1.05. The largest absolute Gasteiger partial charge is 0.506 e. The SMILES string of the molecule is O=C(O)N(Cc1cccc(OCCCCCCCCCNC[C@H](O)c2ccc(O)c3[nH]c(=O)ccc23)c1)c1ccccc1. The quantitative estimate of drug-likeness (QED) is 0.0909. The van der Waals surface area contributed by atoms with Gasteiger partial charge in [0.1, 0.15) is 11.5 Å². The molecular weight excluding hydrogens is 546 g/mol. The van der Waals surface area contributed by atoms with Crippen LogP contribution >= 0.6 is 0 Å². The number of aromatic amines is 1. The van der Waals surface area contributed by atoms with Crippen LogP contribution in [0, 0.1) is 0 Å². The number of benzene rings is 3. The lowest BCUT2D eigenvalue weighted by molar-refractivity contribution is 0.176. The minimum Gasteiger partial charge on any atom is -0.506 e. The summed E-state index contributed by atoms with van der Waals surface area (Å²) in [4.78, 5) is 27.3. The molecule has 1 heterocycles. The normalized spacial score (nSPS) is 11.8. The van der Waals surface area contributed by atoms with Crippen molar-refractivity contribution >= 4 is 22.7 Å². The first-order chi connectivity index (χ1) is 20.9. The van der Waals surface area contributed by atoms with Crippen molar-refractivity contribution in [3.05, 3.63) is 100 Å². The summed E-state index contributed by atoms with van der Waals surface area (Å²) in [6.07, 6.45) is 5.94. The third-order valence-corrected chi connectivity index (χ3v) is 7.41. The number of nitrogens with zero attached hydrogens (tertiary/aromatic N) is 1. The van der Waals surface area contributed by atoms with E-state index >= 15 is 0 Å². The second kappa shape index (κ2) is 16.3. The Hall–Kier alpha value is -4.34. The first-order valence-corrected chi connectivity index (χ1v) is 14.9. The van der Waals surface area contributed by atoms with E-state index in [0.29, 0.717) is 35.3 Å². The summed E-state index contributed by atoms with van der Waals surface area (Å²) < 4.78 is 5.93. The Morgan fingerprint density at radius 3 is 2.40 bits per heavy atom. The topological polar surface area (TPSA) is 135 Å². The zero-order valence-corrected chi connectivity index (χ0v) is 24.4. The molecule has 1 aromatic heterocycles. The van der Waals surface area contributed by atoms with Crippen LogP contribution in [0.3, 0.4) is 0 Å². The zero-order chi connectivity index (χ0) is 30.4. The van der Waals surface area contributed by atoms with Gasteiger partial charge in [0.25, 0.3) is 0 Å². The van der Waals surface area contributed by atoms with E-state index < -0.39 is 12.2 Å². The minimum absolute atomic E-state index is 0.0140. The lowest BCUT2D eigenvalue weighted by Gasteiger charge is -2.19. The molecule has 0 aliphatic heterocycles. The molecule has 43 heavy (non-hydrogen) atoms. The number of H-pyrrole nitrogens is 1. The van der Waals surface area contributed by atoms with Crippen LogP contribution in [-0.2, 0) is 6.54 Å². The molecule has 0 fully saturated rings. The number of pyridine rings is 1. The molecule has 9 heteroatoms. The first-order valence-electron chi connectivity index (χ1n) is 14.9. The van der Waals surface area contributed by atoms with Crippen molar-refractivity contribution in [2.45, 2.75) is 57.6 Å². The summed E-state index contributed by atoms with van der Waals surface area (Å²) in [5.74, 6) is 0.738. The number of hydrogen-bond acceptors (Lipinski definition) is 6. The van der Waals surface area contributed by atoms with Crippen LogP contribution in [0.4, 0.5) is 10.5 Å². The van der Waals surface area contributed by atoms with E-state index in [9.17, 15) is 24.9 Å². The number of unbranched alkanes of at least 4 members (excludes halogenated alkanes) is 6. The van der Waals surface area contributed by atoms with Crippen molar-refractivity contribution in [1.82, 2.24) is 10.3 Å². The maximum absolute atomic E-state index is 11.8. The molecule has 0 bridgehead atoms. The van der Waals surface area contributed by atoms with Crippen LogP contribution in [0.2, 0.25) is 0 Å². The highest BCUT2D eigenvalue weighted by Crippen LogP contribution is 2.28. The van der Waals surface area contributed by atoms with Gasteiger partial charge in [-0.3, -0.25) is 9.69 Å². The zero-order valence-electron chi connectivity index (χ0n) is 24.4. The number of hydrogen-bond donors (Lipinski definition) is 5. The number of phenols is 1. The number of aromatic nitrogens is 1. The molecule has 4 rings (SSSR count). The minimum atomic E-state index is -0.993. The van der Waals surface area contributed by atoms with Crippen LogP contribution in [0.25, 0.3) is 10.9 Å². The summed E-state index contributed by atoms with van der Waals surface area (Å²) >= 11 is 0. The molecule has 0 saturated heterocycles. The van der Waals surface area contributed by atoms with Crippen LogP contribution in [0.1, 0.15) is 62.2 Å². The number of ether oxygens (including phenoxy) is 1. The lowest BCUT2D eigenvalue weighted by atomic mass is 10.0. The highest BCUT2D eigenvalue weighted by molar-refractivity contribution is 5.87. The predicted molar refractivity (Wildman–Crippen MR) is 169 cm³/mol. The second-order valence-electron chi connectivity index (χ2n) is 10.7. The predicted octanol–water partition coefficient (Wildman–Crippen LogP) is 6.35. The number of phenolic OH excluding ortho intramolecular Hbond substituents is 1. The van der Waals surface area contributed by atoms with Gasteiger partial charge < -0.3 is 30.4 Å². The number of aliphatic hydroxyl groups excluding tert-OH is 1. The summed E-state index contributed by atoms with van der Waals surface area (Å²) in [5, 5.41) is 34.2. The summed E-state index contributed by atoms with van der Waals surface area (Å²) in [6.45, 7) is 2.09. The number of rotatable bonds is 17. The van der Waals surface area contributed by atoms with Crippen molar-refractivity contribution in [3.8, 4) is 11.5 Å². The van der Waals surface area contributed by atoms with Gasteiger partial charge in [0.15, 0.2) is 0 Å². The molecule has 3 aromatic carbocycles. The highest BCUT2D eigenvalue weighted by atomic mass is 16.5. The molecule has 1 amide bonds. The molecule has 4 aromatic rings. The van der Waals surface area contributed by atoms with Gasteiger partial charge >= 0.3 is 6.09 Å². The van der Waals surface area contributed by atoms with Crippen molar-refractivity contribution in [2.75, 3.05) is 24.6 Å². The number of carboxylic acid groups (broad SMARTS) is 1. The van der Waals surface area contributed by atoms with E-state index in [-0.39, 0.29) is 17.9 Å². The fraction of sp³-hybridized carbons (Fsp3) is 0.353. The van der Waals surface area contributed by atoms with Crippen molar-refractivity contribution in [1.29, 1.82) is 0 Å². The Morgan fingerprint density at radius 1 is 0.884 bits per heavy atom. The molecule has 0 spiro atoms. The molecule has 0 aliphatic carbocycles. The van der Waals surface area contributed by atoms with Gasteiger partial charge in [0.2, 0.25) is 5.56 Å². The second-order valence-corrected chi connectivity index (χ2v) is 10.7. The Kier molecular flexibility index (Phi) is 12.0. The molecule has 0 aliphatic rings. The van der Waals surface area contributed by atoms with Crippen LogP contribution in [0.15, 0.2) is 83.7 Å². The average Bonchev–Trinajstić information content (AvgIpc) is 3.01. The molecule has 0 unspecified atom stereocenters. The lowest BCUT2D eigenvalue weighted by Crippen LogP contribution is -2.28. The highest BCUT2D eigenvalue weighted by Gasteiger charge is 2.15. The first kappa shape index (κ1) is 31.6. The van der Waals surface area contributed by atoms with E-state index in [2.05, 4.69) is 10.3 Å². The number of anilines is 1. The summed E-state index contributed by atoms with van der Waals surface area (Å²) in [7, 11) is 0. The van der Waals surface area contributed by atoms with E-state index in [1.165, 1.54) is 23.5 Å². The molecule has 0 radical (unpaired) electrons. The molecular formula is C34H41N3O6. The van der Waals surface area contributed by atoms with Gasteiger partial charge in [-0.1, -0.05) is 68.5 Å². The molecule has 228 valence electrons. The number of carbonyl (C=O) groups is 1. The number of aromatic hydroxyl groups is 1. The van der Waals surface area contributed by atoms with Gasteiger partial charge in [-0.2, -0.15) is 0 Å². The third-order valence-electron chi connectivity index (χ3n) is 7.41. The van der Waals surface area contributed by atoms with Gasteiger partial charge in [-0.25, -0.2) is 4.79 Å². The van der Waals surface area contributed by atoms with Gasteiger partial charge in [0, 0.05) is 23.7 Å². The molecule has 5 N–H and O–H groups in total. The Bertz CT molecular complexity index is 1510. The maximum atomic E-state index is 11.8. The number of aliphatic hydroxyl groups is 1. The van der Waals surface area contributed by atoms with Crippen molar-refractivity contribution in [3.63, 3.8) is 0 Å². The Morgan fingerprint density at radius 2 is 1.63 bits per heavy atom. The molecule has 9 nitrogen and oxygen atoms in total. The average molecular weight is 588 g/mol. The number of para-hydroxylation sites is 1. The fourth-order valence-corrected chi connectivity index (χ4v) is 5.12. The van der Waals surface area contributed by atoms with Crippen LogP contribution in [0.5, 0.6) is 11.5 Å². The number of amides is 1. The monoisotopic (exact) mass is 587 g/mol. The third kappa shape index (κ3) is 9.59. The number of nitrogens with one attached hydrogen (secondary N) is 2. The van der Waals surface area contributed by atoms with Crippen LogP contribution in [-0.4, -0.2) is 46.1 Å². The van der Waals surface area contributed by atoms with Gasteiger partial charge in [0.05, 0.1) is 24.8 Å². The van der Waals surface area contributed by atoms with E-state index in [1.807, 2.05) is 42.5 Å². The number of fused-ring (bicyclic) bond motifs is 1. The standard InChI is InChI=1S/C34H41N3O6/c38-30-18-16-28(29-17-19-32(40)36-33(29)30)31(39)23-35-20-9-4-2-1-3-5-10-21-43-27-15-11-12-25(22-27)24-37(34(41)42)26-13-7-6-8-14-26/h6-8,11-19,22,31,35,38-39H,1-5,9-10,20-21,23-24H2,(H,36,40)(H,41,42)/t31-/m0/s1. The Labute approximate surface area is 251 Å². The fourth-order valence-electron chi connectivity index (χ4n) is 5.12. The van der Waals surface area contributed by atoms with E-state index in [0.717, 1.165) is 56.4 Å². The van der Waals surface area contributed by atoms with Crippen LogP contribution < -0.4 is 20.5 Å².